The predicted octanol–water partition coefficient (Wildman–Crippen LogP) is 3.65. The van der Waals surface area contributed by atoms with Crippen LogP contribution in [0, 0.1) is 0 Å². The molecule has 1 amide bonds. The number of halogens is 1. The van der Waals surface area contributed by atoms with Gasteiger partial charge in [0.25, 0.3) is 11.7 Å². The van der Waals surface area contributed by atoms with Crippen molar-refractivity contribution < 1.29 is 19.4 Å². The smallest absolute Gasteiger partial charge is 0.295 e. The van der Waals surface area contributed by atoms with Crippen LogP contribution in [0.15, 0.2) is 48.0 Å². The molecular formula is C24H25ClN2O4. The molecule has 0 unspecified atom stereocenters. The maximum atomic E-state index is 13.0. The Morgan fingerprint density at radius 3 is 2.71 bits per heavy atom. The van der Waals surface area contributed by atoms with Crippen LogP contribution < -0.4 is 4.74 Å². The summed E-state index contributed by atoms with van der Waals surface area (Å²) in [5.41, 5.74) is 2.23. The number of hydrogen-bond donors (Lipinski definition) is 1. The minimum absolute atomic E-state index is 0.0653. The van der Waals surface area contributed by atoms with E-state index in [1.807, 2.05) is 38.1 Å². The van der Waals surface area contributed by atoms with Crippen molar-refractivity contribution in [1.82, 2.24) is 9.80 Å². The third-order valence-corrected chi connectivity index (χ3v) is 5.90. The monoisotopic (exact) mass is 440 g/mol. The van der Waals surface area contributed by atoms with E-state index >= 15 is 0 Å². The Kier molecular flexibility index (Phi) is 5.77. The topological polar surface area (TPSA) is 70.1 Å². The normalized spacial score (nSPS) is 22.2. The van der Waals surface area contributed by atoms with Crippen LogP contribution in [0.2, 0.25) is 5.02 Å². The van der Waals surface area contributed by atoms with Crippen molar-refractivity contribution in [3.05, 3.63) is 69.8 Å². The number of ketones is 1. The van der Waals surface area contributed by atoms with Gasteiger partial charge in [0.2, 0.25) is 0 Å². The summed E-state index contributed by atoms with van der Waals surface area (Å²) in [7, 11) is 3.80. The molecule has 7 heteroatoms. The first kappa shape index (κ1) is 21.4. The highest BCUT2D eigenvalue weighted by molar-refractivity contribution is 6.46. The number of nitrogens with zero attached hydrogens (tertiary/aromatic N) is 2. The van der Waals surface area contributed by atoms with Crippen LogP contribution in [-0.4, -0.2) is 59.9 Å². The second-order valence-corrected chi connectivity index (χ2v) is 8.74. The maximum absolute atomic E-state index is 13.0. The number of hydrogen-bond acceptors (Lipinski definition) is 5. The van der Waals surface area contributed by atoms with Crippen molar-refractivity contribution in [2.45, 2.75) is 25.5 Å². The quantitative estimate of drug-likeness (QED) is 0.436. The molecule has 2 heterocycles. The van der Waals surface area contributed by atoms with E-state index in [0.717, 1.165) is 17.7 Å². The van der Waals surface area contributed by atoms with E-state index in [0.29, 0.717) is 29.2 Å². The van der Waals surface area contributed by atoms with Crippen LogP contribution in [0.3, 0.4) is 0 Å². The highest BCUT2D eigenvalue weighted by Gasteiger charge is 2.46. The molecule has 0 aromatic heterocycles. The molecule has 1 N–H and O–H groups in total. The van der Waals surface area contributed by atoms with E-state index in [4.69, 9.17) is 16.3 Å². The molecule has 2 aliphatic rings. The van der Waals surface area contributed by atoms with Gasteiger partial charge < -0.3 is 19.6 Å². The fourth-order valence-corrected chi connectivity index (χ4v) is 4.37. The van der Waals surface area contributed by atoms with Gasteiger partial charge in [0.15, 0.2) is 0 Å². The van der Waals surface area contributed by atoms with Crippen molar-refractivity contribution in [1.29, 1.82) is 0 Å². The second-order valence-electron chi connectivity index (χ2n) is 8.31. The van der Waals surface area contributed by atoms with Crippen LogP contribution in [0.4, 0.5) is 0 Å². The Hall–Kier alpha value is -2.83. The van der Waals surface area contributed by atoms with Crippen LogP contribution in [-0.2, 0) is 16.0 Å². The summed E-state index contributed by atoms with van der Waals surface area (Å²) in [6, 6.07) is 11.7. The molecule has 1 fully saturated rings. The Morgan fingerprint density at radius 1 is 1.23 bits per heavy atom. The van der Waals surface area contributed by atoms with E-state index in [1.165, 1.54) is 4.90 Å². The number of carbonyl (C=O) groups is 2. The SMILES string of the molecule is C[C@H]1Cc2cc(C(O)=C3C(=O)C(=O)N(CCN(C)C)[C@@H]3c3cccc(Cl)c3)ccc2O1. The third kappa shape index (κ3) is 4.05. The number of aliphatic hydroxyl groups is 1. The molecule has 6 nitrogen and oxygen atoms in total. The predicted molar refractivity (Wildman–Crippen MR) is 119 cm³/mol. The average Bonchev–Trinajstić information content (AvgIpc) is 3.22. The summed E-state index contributed by atoms with van der Waals surface area (Å²) in [4.78, 5) is 29.4. The lowest BCUT2D eigenvalue weighted by molar-refractivity contribution is -0.140. The van der Waals surface area contributed by atoms with Crippen molar-refractivity contribution in [2.24, 2.45) is 0 Å². The number of fused-ring (bicyclic) bond motifs is 1. The Labute approximate surface area is 186 Å². The van der Waals surface area contributed by atoms with Gasteiger partial charge in [-0.3, -0.25) is 9.59 Å². The summed E-state index contributed by atoms with van der Waals surface area (Å²) in [5.74, 6) is -0.710. The van der Waals surface area contributed by atoms with Gasteiger partial charge >= 0.3 is 0 Å². The van der Waals surface area contributed by atoms with Crippen molar-refractivity contribution in [2.75, 3.05) is 27.2 Å². The van der Waals surface area contributed by atoms with E-state index in [1.54, 1.807) is 30.3 Å². The number of carbonyl (C=O) groups excluding carboxylic acids is 2. The summed E-state index contributed by atoms with van der Waals surface area (Å²) < 4.78 is 5.73. The summed E-state index contributed by atoms with van der Waals surface area (Å²) in [6.45, 7) is 2.91. The van der Waals surface area contributed by atoms with Gasteiger partial charge in [-0.05, 0) is 62.5 Å². The average molecular weight is 441 g/mol. The fraction of sp³-hybridized carbons (Fsp3) is 0.333. The van der Waals surface area contributed by atoms with Crippen LogP contribution in [0.5, 0.6) is 5.75 Å². The second kappa shape index (κ2) is 8.36. The van der Waals surface area contributed by atoms with Crippen LogP contribution in [0.1, 0.15) is 29.7 Å². The Balaban J connectivity index is 1.82. The molecule has 0 bridgehead atoms. The molecule has 2 atom stereocenters. The maximum Gasteiger partial charge on any atom is 0.295 e. The minimum atomic E-state index is -0.706. The molecule has 0 spiro atoms. The molecule has 1 saturated heterocycles. The lowest BCUT2D eigenvalue weighted by Crippen LogP contribution is -2.35. The molecule has 2 aliphatic heterocycles. The van der Waals surface area contributed by atoms with Crippen molar-refractivity contribution in [3.63, 3.8) is 0 Å². The standard InChI is InChI=1S/C24H25ClN2O4/c1-14-11-17-12-16(7-8-19(17)31-14)22(28)20-21(15-5-4-6-18(25)13-15)27(10-9-26(2)3)24(30)23(20)29/h4-8,12-14,21,28H,9-11H2,1-3H3/t14-,21+/m0/s1. The minimum Gasteiger partial charge on any atom is -0.507 e. The first-order chi connectivity index (χ1) is 14.8. The molecule has 0 aliphatic carbocycles. The first-order valence-electron chi connectivity index (χ1n) is 10.2. The van der Waals surface area contributed by atoms with Gasteiger partial charge in [-0.2, -0.15) is 0 Å². The summed E-state index contributed by atoms with van der Waals surface area (Å²) >= 11 is 6.20. The number of Topliss-reactive ketones (excluding diaryl/α,β-unsaturated/α-hetero) is 1. The zero-order chi connectivity index (χ0) is 22.3. The molecule has 31 heavy (non-hydrogen) atoms. The van der Waals surface area contributed by atoms with Crippen molar-refractivity contribution in [3.8, 4) is 5.75 Å². The van der Waals surface area contributed by atoms with Gasteiger partial charge in [-0.25, -0.2) is 0 Å². The van der Waals surface area contributed by atoms with Crippen molar-refractivity contribution >= 4 is 29.1 Å². The molecule has 0 saturated carbocycles. The zero-order valence-corrected chi connectivity index (χ0v) is 18.5. The zero-order valence-electron chi connectivity index (χ0n) is 17.8. The Bertz CT molecular complexity index is 1080. The number of benzene rings is 2. The molecule has 4 rings (SSSR count). The molecular weight excluding hydrogens is 416 g/mol. The summed E-state index contributed by atoms with van der Waals surface area (Å²) in [6.07, 6.45) is 0.793. The number of rotatable bonds is 5. The number of ether oxygens (including phenoxy) is 1. The lowest BCUT2D eigenvalue weighted by atomic mass is 9.94. The number of amides is 1. The van der Waals surface area contributed by atoms with E-state index in [9.17, 15) is 14.7 Å². The number of likely N-dealkylation sites (N-methyl/N-ethyl adjacent to an activating group) is 1. The van der Waals surface area contributed by atoms with E-state index in [2.05, 4.69) is 0 Å². The Morgan fingerprint density at radius 2 is 2.00 bits per heavy atom. The number of likely N-dealkylation sites (tertiary alicyclic amines) is 1. The third-order valence-electron chi connectivity index (χ3n) is 5.66. The molecule has 0 radical (unpaired) electrons. The van der Waals surface area contributed by atoms with Gasteiger partial charge in [-0.15, -0.1) is 0 Å². The highest BCUT2D eigenvalue weighted by Crippen LogP contribution is 2.41. The first-order valence-corrected chi connectivity index (χ1v) is 10.6. The molecule has 162 valence electrons. The van der Waals surface area contributed by atoms with Gasteiger partial charge in [0, 0.05) is 30.1 Å². The number of aliphatic hydroxyl groups excluding tert-OH is 1. The molecule has 2 aromatic carbocycles. The molecule has 2 aromatic rings. The largest absolute Gasteiger partial charge is 0.507 e. The van der Waals surface area contributed by atoms with Gasteiger partial charge in [0.1, 0.15) is 17.6 Å². The highest BCUT2D eigenvalue weighted by atomic mass is 35.5. The summed E-state index contributed by atoms with van der Waals surface area (Å²) in [5, 5.41) is 11.7. The fourth-order valence-electron chi connectivity index (χ4n) is 4.17. The van der Waals surface area contributed by atoms with E-state index in [-0.39, 0.29) is 17.4 Å². The van der Waals surface area contributed by atoms with E-state index < -0.39 is 17.7 Å². The van der Waals surface area contributed by atoms with Crippen LogP contribution in [0.25, 0.3) is 5.76 Å². The van der Waals surface area contributed by atoms with Crippen LogP contribution >= 0.6 is 11.6 Å². The van der Waals surface area contributed by atoms with Gasteiger partial charge in [-0.1, -0.05) is 23.7 Å². The lowest BCUT2D eigenvalue weighted by Gasteiger charge is -2.26. The van der Waals surface area contributed by atoms with Gasteiger partial charge in [0.05, 0.1) is 11.6 Å².